The minimum Gasteiger partial charge on any atom is -0.288 e. The molecule has 6 heteroatoms. The normalized spacial score (nSPS) is 9.40. The number of amides is 1. The van der Waals surface area contributed by atoms with Gasteiger partial charge in [-0.2, -0.15) is 0 Å². The Labute approximate surface area is 65.4 Å². The van der Waals surface area contributed by atoms with Crippen molar-refractivity contribution >= 4 is 28.8 Å². The molecule has 0 saturated heterocycles. The second kappa shape index (κ2) is 2.96. The van der Waals surface area contributed by atoms with E-state index in [1.807, 2.05) is 0 Å². The molecule has 0 radical (unpaired) electrons. The van der Waals surface area contributed by atoms with Crippen molar-refractivity contribution in [3.05, 3.63) is 15.5 Å². The molecular formula is C4H3ClN2O2S. The van der Waals surface area contributed by atoms with Gasteiger partial charge < -0.3 is 0 Å². The number of nitrogens with one attached hydrogen (secondary N) is 1. The van der Waals surface area contributed by atoms with E-state index in [1.165, 1.54) is 11.7 Å². The summed E-state index contributed by atoms with van der Waals surface area (Å²) in [5.41, 5.74) is 1.44. The smallest absolute Gasteiger partial charge is 0.288 e. The van der Waals surface area contributed by atoms with Gasteiger partial charge >= 0.3 is 5.91 Å². The first kappa shape index (κ1) is 7.46. The fourth-order valence-electron chi connectivity index (χ4n) is 0.407. The van der Waals surface area contributed by atoms with Gasteiger partial charge in [0.2, 0.25) is 0 Å². The molecule has 4 nitrogen and oxygen atoms in total. The van der Waals surface area contributed by atoms with Crippen molar-refractivity contribution in [3.63, 3.8) is 0 Å². The van der Waals surface area contributed by atoms with Crippen molar-refractivity contribution in [3.8, 4) is 0 Å². The van der Waals surface area contributed by atoms with Gasteiger partial charge in [-0.05, 0) is 0 Å². The van der Waals surface area contributed by atoms with Crippen LogP contribution in [0.25, 0.3) is 0 Å². The molecule has 0 unspecified atom stereocenters. The van der Waals surface area contributed by atoms with E-state index in [2.05, 4.69) is 4.98 Å². The molecule has 1 aromatic heterocycles. The van der Waals surface area contributed by atoms with Gasteiger partial charge in [0.05, 0.1) is 6.20 Å². The van der Waals surface area contributed by atoms with Crippen LogP contribution < -0.4 is 5.48 Å². The molecule has 1 rings (SSSR count). The molecule has 1 amide bonds. The highest BCUT2D eigenvalue weighted by Crippen LogP contribution is 2.17. The van der Waals surface area contributed by atoms with Crippen LogP contribution in [0.4, 0.5) is 0 Å². The monoisotopic (exact) mass is 178 g/mol. The lowest BCUT2D eigenvalue weighted by molar-refractivity contribution is 0.0706. The second-order valence-corrected chi connectivity index (χ2v) is 3.07. The molecule has 0 spiro atoms. The number of carbonyl (C=O) groups excluding carboxylic acids is 1. The molecule has 0 aliphatic rings. The number of thiazole rings is 1. The Morgan fingerprint density at radius 3 is 3.00 bits per heavy atom. The van der Waals surface area contributed by atoms with E-state index < -0.39 is 5.91 Å². The zero-order chi connectivity index (χ0) is 7.56. The first-order valence-electron chi connectivity index (χ1n) is 2.30. The predicted molar refractivity (Wildman–Crippen MR) is 36.4 cm³/mol. The SMILES string of the molecule is O=C(NO)c1ncc(Cl)s1. The van der Waals surface area contributed by atoms with E-state index >= 15 is 0 Å². The summed E-state index contributed by atoms with van der Waals surface area (Å²) < 4.78 is 0.415. The molecule has 10 heavy (non-hydrogen) atoms. The standard InChI is InChI=1S/C4H3ClN2O2S/c5-2-1-6-4(10-2)3(8)7-9/h1,9H,(H,7,8). The van der Waals surface area contributed by atoms with E-state index in [1.54, 1.807) is 0 Å². The summed E-state index contributed by atoms with van der Waals surface area (Å²) in [7, 11) is 0. The zero-order valence-corrected chi connectivity index (χ0v) is 6.24. The molecule has 1 heterocycles. The molecule has 54 valence electrons. The molecule has 1 aromatic rings. The number of hydrogen-bond donors (Lipinski definition) is 2. The molecule has 0 aliphatic heterocycles. The van der Waals surface area contributed by atoms with Gasteiger partial charge in [0.25, 0.3) is 0 Å². The van der Waals surface area contributed by atoms with Crippen LogP contribution >= 0.6 is 22.9 Å². The Morgan fingerprint density at radius 2 is 2.60 bits per heavy atom. The Hall–Kier alpha value is -0.650. The third-order valence-corrected chi connectivity index (χ3v) is 1.89. The van der Waals surface area contributed by atoms with Crippen LogP contribution in [0.3, 0.4) is 0 Å². The van der Waals surface area contributed by atoms with Gasteiger partial charge in [0.15, 0.2) is 5.01 Å². The van der Waals surface area contributed by atoms with Crippen LogP contribution in [-0.2, 0) is 0 Å². The zero-order valence-electron chi connectivity index (χ0n) is 4.67. The summed E-state index contributed by atoms with van der Waals surface area (Å²) in [6, 6.07) is 0. The Kier molecular flexibility index (Phi) is 2.21. The molecule has 0 atom stereocenters. The van der Waals surface area contributed by atoms with Crippen molar-refractivity contribution in [1.29, 1.82) is 0 Å². The van der Waals surface area contributed by atoms with Gasteiger partial charge in [0, 0.05) is 0 Å². The average molecular weight is 179 g/mol. The Balaban J connectivity index is 2.85. The van der Waals surface area contributed by atoms with Crippen LogP contribution in [0.5, 0.6) is 0 Å². The maximum Gasteiger partial charge on any atom is 0.303 e. The fourth-order valence-corrected chi connectivity index (χ4v) is 1.21. The summed E-state index contributed by atoms with van der Waals surface area (Å²) in [6.45, 7) is 0. The van der Waals surface area contributed by atoms with Gasteiger partial charge in [-0.25, -0.2) is 10.5 Å². The lowest BCUT2D eigenvalue weighted by Crippen LogP contribution is -2.17. The lowest BCUT2D eigenvalue weighted by atomic mass is 10.7. The van der Waals surface area contributed by atoms with Crippen molar-refractivity contribution < 1.29 is 10.0 Å². The van der Waals surface area contributed by atoms with Gasteiger partial charge in [-0.1, -0.05) is 22.9 Å². The first-order chi connectivity index (χ1) is 4.74. The van der Waals surface area contributed by atoms with E-state index in [0.717, 1.165) is 11.3 Å². The van der Waals surface area contributed by atoms with E-state index in [0.29, 0.717) is 4.34 Å². The summed E-state index contributed by atoms with van der Waals surface area (Å²) in [5, 5.41) is 8.27. The van der Waals surface area contributed by atoms with Crippen LogP contribution in [0.2, 0.25) is 4.34 Å². The number of aromatic nitrogens is 1. The molecule has 0 bridgehead atoms. The van der Waals surface area contributed by atoms with E-state index in [4.69, 9.17) is 16.8 Å². The third-order valence-electron chi connectivity index (χ3n) is 0.773. The average Bonchev–Trinajstić information content (AvgIpc) is 2.34. The van der Waals surface area contributed by atoms with Crippen LogP contribution in [-0.4, -0.2) is 16.1 Å². The van der Waals surface area contributed by atoms with Gasteiger partial charge in [0.1, 0.15) is 4.34 Å². The van der Waals surface area contributed by atoms with E-state index in [9.17, 15) is 4.79 Å². The van der Waals surface area contributed by atoms with Crippen LogP contribution in [0.1, 0.15) is 9.80 Å². The predicted octanol–water partition coefficient (Wildman–Crippen LogP) is 0.915. The molecule has 0 saturated carbocycles. The third kappa shape index (κ3) is 1.44. The van der Waals surface area contributed by atoms with Crippen LogP contribution in [0, 0.1) is 0 Å². The Morgan fingerprint density at radius 1 is 1.90 bits per heavy atom. The highest BCUT2D eigenvalue weighted by Gasteiger charge is 2.07. The maximum absolute atomic E-state index is 10.6. The first-order valence-corrected chi connectivity index (χ1v) is 3.49. The summed E-state index contributed by atoms with van der Waals surface area (Å²) in [6.07, 6.45) is 1.34. The number of halogens is 1. The molecule has 0 aromatic carbocycles. The number of rotatable bonds is 1. The number of carbonyl (C=O) groups is 1. The number of hydroxylamine groups is 1. The topological polar surface area (TPSA) is 62.2 Å². The summed E-state index contributed by atoms with van der Waals surface area (Å²) in [4.78, 5) is 14.2. The quantitative estimate of drug-likeness (QED) is 0.497. The number of hydrogen-bond acceptors (Lipinski definition) is 4. The largest absolute Gasteiger partial charge is 0.303 e. The minimum absolute atomic E-state index is 0.146. The minimum atomic E-state index is -0.642. The van der Waals surface area contributed by atoms with Crippen molar-refractivity contribution in [2.45, 2.75) is 0 Å². The molecule has 0 fully saturated rings. The van der Waals surface area contributed by atoms with Gasteiger partial charge in [-0.3, -0.25) is 10.0 Å². The maximum atomic E-state index is 10.6. The van der Waals surface area contributed by atoms with Crippen LogP contribution in [0.15, 0.2) is 6.20 Å². The highest BCUT2D eigenvalue weighted by molar-refractivity contribution is 7.17. The summed E-state index contributed by atoms with van der Waals surface area (Å²) in [5.74, 6) is -0.642. The number of nitrogens with zero attached hydrogens (tertiary/aromatic N) is 1. The van der Waals surface area contributed by atoms with E-state index in [-0.39, 0.29) is 5.01 Å². The van der Waals surface area contributed by atoms with Crippen molar-refractivity contribution in [2.75, 3.05) is 0 Å². The van der Waals surface area contributed by atoms with Crippen molar-refractivity contribution in [1.82, 2.24) is 10.5 Å². The second-order valence-electron chi connectivity index (χ2n) is 1.41. The molecule has 0 aliphatic carbocycles. The van der Waals surface area contributed by atoms with Gasteiger partial charge in [-0.15, -0.1) is 0 Å². The molecular weight excluding hydrogens is 176 g/mol. The fraction of sp³-hybridized carbons (Fsp3) is 0. The highest BCUT2D eigenvalue weighted by atomic mass is 35.5. The lowest BCUT2D eigenvalue weighted by Gasteiger charge is -1.88. The summed E-state index contributed by atoms with van der Waals surface area (Å²) >= 11 is 6.46. The molecule has 2 N–H and O–H groups in total. The Bertz CT molecular complexity index is 249. The van der Waals surface area contributed by atoms with Crippen molar-refractivity contribution in [2.24, 2.45) is 0 Å².